The van der Waals surface area contributed by atoms with Gasteiger partial charge in [-0.3, -0.25) is 14.5 Å². The second kappa shape index (κ2) is 9.47. The Bertz CT molecular complexity index is 1390. The second-order valence-electron chi connectivity index (χ2n) is 9.59. The normalized spacial score (nSPS) is 19.8. The number of hydrogen-bond acceptors (Lipinski definition) is 6. The first kappa shape index (κ1) is 23.6. The lowest BCUT2D eigenvalue weighted by atomic mass is 10.0. The van der Waals surface area contributed by atoms with E-state index in [-0.39, 0.29) is 5.56 Å². The maximum Gasteiger partial charge on any atom is 0.264 e. The average molecular weight is 495 g/mol. The molecule has 1 atom stereocenters. The van der Waals surface area contributed by atoms with Crippen LogP contribution in [0.4, 0.5) is 5.69 Å². The van der Waals surface area contributed by atoms with Crippen LogP contribution in [0.2, 0.25) is 0 Å². The lowest BCUT2D eigenvalue weighted by molar-refractivity contribution is 0.0981. The molecule has 35 heavy (non-hydrogen) atoms. The van der Waals surface area contributed by atoms with Crippen molar-refractivity contribution in [2.45, 2.75) is 31.2 Å². The highest BCUT2D eigenvalue weighted by molar-refractivity contribution is 7.89. The van der Waals surface area contributed by atoms with E-state index in [4.69, 9.17) is 0 Å². The van der Waals surface area contributed by atoms with Crippen LogP contribution < -0.4 is 15.2 Å². The Hall–Kier alpha value is -3.17. The summed E-state index contributed by atoms with van der Waals surface area (Å²) in [6.07, 6.45) is 4.12. The molecule has 0 saturated carbocycles. The van der Waals surface area contributed by atoms with Crippen molar-refractivity contribution < 1.29 is 13.2 Å². The van der Waals surface area contributed by atoms with Gasteiger partial charge in [0, 0.05) is 53.9 Å². The summed E-state index contributed by atoms with van der Waals surface area (Å²) in [6.45, 7) is 3.85. The van der Waals surface area contributed by atoms with E-state index in [1.807, 2.05) is 41.1 Å². The minimum Gasteiger partial charge on any atom is -0.371 e. The number of aromatic nitrogens is 1. The monoisotopic (exact) mass is 494 g/mol. The first-order valence-corrected chi connectivity index (χ1v) is 13.9. The molecule has 0 aliphatic carbocycles. The van der Waals surface area contributed by atoms with Crippen LogP contribution in [0.3, 0.4) is 0 Å². The number of carbonyl (C=O) groups is 1. The number of likely N-dealkylation sites (tertiary alicyclic amines) is 1. The van der Waals surface area contributed by atoms with E-state index in [2.05, 4.69) is 20.9 Å². The number of nitrogens with zero attached hydrogens (tertiary/aromatic N) is 2. The predicted octanol–water partition coefficient (Wildman–Crippen LogP) is 2.68. The highest BCUT2D eigenvalue weighted by Gasteiger charge is 2.32. The fourth-order valence-corrected chi connectivity index (χ4v) is 5.82. The lowest BCUT2D eigenvalue weighted by Gasteiger charge is -2.38. The molecule has 5 rings (SSSR count). The number of benzene rings is 2. The number of amides is 1. The maximum atomic E-state index is 12.5. The molecule has 1 amide bonds. The number of fused-ring (bicyclic) bond motifs is 1. The Morgan fingerprint density at radius 1 is 1.00 bits per heavy atom. The summed E-state index contributed by atoms with van der Waals surface area (Å²) in [7, 11) is -3.58. The molecule has 184 valence electrons. The van der Waals surface area contributed by atoms with Crippen LogP contribution in [0.25, 0.3) is 10.8 Å². The first-order valence-electron chi connectivity index (χ1n) is 12.0. The van der Waals surface area contributed by atoms with Crippen molar-refractivity contribution in [2.24, 2.45) is 0 Å². The maximum absolute atomic E-state index is 12.5. The van der Waals surface area contributed by atoms with Crippen LogP contribution in [-0.2, 0) is 10.0 Å². The Morgan fingerprint density at radius 2 is 1.71 bits per heavy atom. The van der Waals surface area contributed by atoms with Crippen molar-refractivity contribution in [2.75, 3.05) is 37.3 Å². The van der Waals surface area contributed by atoms with Crippen molar-refractivity contribution in [1.29, 1.82) is 0 Å². The predicted molar refractivity (Wildman–Crippen MR) is 137 cm³/mol. The van der Waals surface area contributed by atoms with Gasteiger partial charge < -0.3 is 9.88 Å². The number of aromatic amines is 1. The van der Waals surface area contributed by atoms with Crippen molar-refractivity contribution in [3.63, 3.8) is 0 Å². The third kappa shape index (κ3) is 5.26. The number of anilines is 1. The molecule has 0 spiro atoms. The van der Waals surface area contributed by atoms with Gasteiger partial charge in [0.15, 0.2) is 0 Å². The molecular weight excluding hydrogens is 464 g/mol. The molecular formula is C26H30N4O4S. The number of pyridine rings is 1. The minimum atomic E-state index is -3.58. The third-order valence-corrected chi connectivity index (χ3v) is 7.74. The van der Waals surface area contributed by atoms with Gasteiger partial charge in [-0.1, -0.05) is 18.2 Å². The van der Waals surface area contributed by atoms with Gasteiger partial charge in [-0.2, -0.15) is 0 Å². The second-order valence-corrected chi connectivity index (χ2v) is 11.3. The molecule has 1 unspecified atom stereocenters. The number of piperidine rings is 1. The minimum absolute atomic E-state index is 0.00956. The van der Waals surface area contributed by atoms with Crippen LogP contribution in [0.1, 0.15) is 41.2 Å². The fraction of sp³-hybridized carbons (Fsp3) is 0.385. The number of rotatable bonds is 5. The van der Waals surface area contributed by atoms with Gasteiger partial charge in [-0.25, -0.2) is 13.1 Å². The highest BCUT2D eigenvalue weighted by atomic mass is 32.2. The van der Waals surface area contributed by atoms with Crippen LogP contribution in [-0.4, -0.2) is 62.7 Å². The molecule has 3 aromatic rings. The molecule has 3 heterocycles. The van der Waals surface area contributed by atoms with Crippen molar-refractivity contribution in [3.8, 4) is 0 Å². The fourth-order valence-electron chi connectivity index (χ4n) is 5.36. The van der Waals surface area contributed by atoms with E-state index in [0.29, 0.717) is 17.5 Å². The van der Waals surface area contributed by atoms with Gasteiger partial charge in [-0.15, -0.1) is 0 Å². The van der Waals surface area contributed by atoms with E-state index in [0.717, 1.165) is 73.9 Å². The van der Waals surface area contributed by atoms with E-state index in [9.17, 15) is 18.0 Å². The van der Waals surface area contributed by atoms with Crippen LogP contribution in [0.15, 0.2) is 59.4 Å². The molecule has 2 saturated heterocycles. The van der Waals surface area contributed by atoms with Gasteiger partial charge in [0.1, 0.15) is 0 Å². The standard InChI is InChI=1S/C26H30N4O4S/c1-35(33,34)28-25(31)18-6-8-21(9-7-18)29-14-11-22(12-15-29)30-13-10-20(17-30)24-16-19-4-2-3-5-23(19)26(32)27-24/h2-9,16,20,22H,10-15,17H2,1H3,(H,27,32)(H,28,31). The van der Waals surface area contributed by atoms with E-state index in [1.54, 1.807) is 12.1 Å². The molecule has 2 fully saturated rings. The van der Waals surface area contributed by atoms with Gasteiger partial charge in [-0.05, 0) is 67.6 Å². The first-order chi connectivity index (χ1) is 16.8. The molecule has 0 bridgehead atoms. The quantitative estimate of drug-likeness (QED) is 0.566. The molecule has 2 aromatic carbocycles. The molecule has 1 aromatic heterocycles. The molecule has 9 heteroatoms. The summed E-state index contributed by atoms with van der Waals surface area (Å²) in [5.74, 6) is -0.273. The number of H-pyrrole nitrogens is 1. The number of nitrogens with one attached hydrogen (secondary N) is 2. The largest absolute Gasteiger partial charge is 0.371 e. The van der Waals surface area contributed by atoms with E-state index >= 15 is 0 Å². The number of carbonyl (C=O) groups excluding carboxylic acids is 1. The van der Waals surface area contributed by atoms with Gasteiger partial charge in [0.2, 0.25) is 10.0 Å². The highest BCUT2D eigenvalue weighted by Crippen LogP contribution is 2.31. The summed E-state index contributed by atoms with van der Waals surface area (Å²) >= 11 is 0. The number of hydrogen-bond donors (Lipinski definition) is 2. The smallest absolute Gasteiger partial charge is 0.264 e. The van der Waals surface area contributed by atoms with Crippen molar-refractivity contribution in [1.82, 2.24) is 14.6 Å². The molecule has 2 N–H and O–H groups in total. The summed E-state index contributed by atoms with van der Waals surface area (Å²) in [5.41, 5.74) is 2.38. The van der Waals surface area contributed by atoms with Crippen molar-refractivity contribution in [3.05, 3.63) is 76.2 Å². The van der Waals surface area contributed by atoms with Crippen LogP contribution in [0, 0.1) is 0 Å². The Kier molecular flexibility index (Phi) is 6.37. The SMILES string of the molecule is CS(=O)(=O)NC(=O)c1ccc(N2CCC(N3CCC(c4cc5ccccc5c(=O)[nH]4)C3)CC2)cc1. The third-order valence-electron chi connectivity index (χ3n) is 7.19. The van der Waals surface area contributed by atoms with Gasteiger partial charge in [0.25, 0.3) is 11.5 Å². The topological polar surface area (TPSA) is 103 Å². The number of sulfonamides is 1. The average Bonchev–Trinajstić information content (AvgIpc) is 3.34. The molecule has 0 radical (unpaired) electrons. The van der Waals surface area contributed by atoms with Gasteiger partial charge in [0.05, 0.1) is 6.26 Å². The van der Waals surface area contributed by atoms with Crippen LogP contribution in [0.5, 0.6) is 0 Å². The van der Waals surface area contributed by atoms with E-state index in [1.165, 1.54) is 0 Å². The Balaban J connectivity index is 1.18. The molecule has 8 nitrogen and oxygen atoms in total. The van der Waals surface area contributed by atoms with Crippen molar-refractivity contribution >= 4 is 32.4 Å². The van der Waals surface area contributed by atoms with Crippen LogP contribution >= 0.6 is 0 Å². The summed E-state index contributed by atoms with van der Waals surface area (Å²) in [4.78, 5) is 32.5. The van der Waals surface area contributed by atoms with E-state index < -0.39 is 15.9 Å². The Labute approximate surface area is 205 Å². The zero-order valence-electron chi connectivity index (χ0n) is 19.7. The summed E-state index contributed by atoms with van der Waals surface area (Å²) < 4.78 is 24.5. The lowest BCUT2D eigenvalue weighted by Crippen LogP contribution is -2.44. The summed E-state index contributed by atoms with van der Waals surface area (Å²) in [5, 5.41) is 1.74. The van der Waals surface area contributed by atoms with Gasteiger partial charge >= 0.3 is 0 Å². The Morgan fingerprint density at radius 3 is 2.43 bits per heavy atom. The molecule has 2 aliphatic rings. The molecule has 2 aliphatic heterocycles. The zero-order chi connectivity index (χ0) is 24.6. The summed E-state index contributed by atoms with van der Waals surface area (Å²) in [6, 6.07) is 17.5. The zero-order valence-corrected chi connectivity index (χ0v) is 20.6.